The molecule has 0 radical (unpaired) electrons. The summed E-state index contributed by atoms with van der Waals surface area (Å²) in [6, 6.07) is 0.588. The van der Waals surface area contributed by atoms with Gasteiger partial charge < -0.3 is 5.32 Å². The van der Waals surface area contributed by atoms with Crippen molar-refractivity contribution in [1.82, 2.24) is 10.2 Å². The molecule has 1 saturated heterocycles. The molecule has 2 rings (SSSR count). The Morgan fingerprint density at radius 2 is 1.80 bits per heavy atom. The molecule has 2 fully saturated rings. The minimum Gasteiger partial charge on any atom is -0.305 e. The molecule has 2 aliphatic rings. The molecule has 0 aromatic rings. The van der Waals surface area contributed by atoms with Gasteiger partial charge in [0.1, 0.15) is 0 Å². The molecule has 20 heavy (non-hydrogen) atoms. The quantitative estimate of drug-likeness (QED) is 0.854. The third-order valence-corrected chi connectivity index (χ3v) is 4.89. The predicted octanol–water partition coefficient (Wildman–Crippen LogP) is 3.43. The second kappa shape index (κ2) is 6.65. The third kappa shape index (κ3) is 4.62. The van der Waals surface area contributed by atoms with Gasteiger partial charge in [0.2, 0.25) is 0 Å². The minimum absolute atomic E-state index is 0.0154. The van der Waals surface area contributed by atoms with Gasteiger partial charge in [-0.1, -0.05) is 26.7 Å². The van der Waals surface area contributed by atoms with Crippen molar-refractivity contribution in [3.05, 3.63) is 0 Å². The molecule has 1 aliphatic heterocycles. The molecule has 0 aromatic carbocycles. The van der Waals surface area contributed by atoms with Crippen molar-refractivity contribution in [3.8, 4) is 0 Å². The van der Waals surface area contributed by atoms with Gasteiger partial charge in [-0.25, -0.2) is 0 Å². The predicted molar refractivity (Wildman–Crippen MR) is 74.6 cm³/mol. The van der Waals surface area contributed by atoms with Crippen molar-refractivity contribution in [2.75, 3.05) is 19.6 Å². The summed E-state index contributed by atoms with van der Waals surface area (Å²) in [5.41, 5.74) is 0. The first-order chi connectivity index (χ1) is 9.35. The second-order valence-corrected chi connectivity index (χ2v) is 6.82. The van der Waals surface area contributed by atoms with E-state index in [4.69, 9.17) is 0 Å². The highest BCUT2D eigenvalue weighted by molar-refractivity contribution is 4.89. The van der Waals surface area contributed by atoms with Crippen LogP contribution in [0.3, 0.4) is 0 Å². The lowest BCUT2D eigenvalue weighted by molar-refractivity contribution is -0.127. The van der Waals surface area contributed by atoms with E-state index in [1.165, 1.54) is 25.7 Å². The topological polar surface area (TPSA) is 15.3 Å². The molecule has 0 aromatic heterocycles. The van der Waals surface area contributed by atoms with Crippen LogP contribution in [0.25, 0.3) is 0 Å². The molecule has 1 N–H and O–H groups in total. The SMILES string of the molecule is CC(C)C1CC(NCC(F)(F)F)CN(C2CCCC2)C1. The summed E-state index contributed by atoms with van der Waals surface area (Å²) in [7, 11) is 0. The lowest BCUT2D eigenvalue weighted by Gasteiger charge is -2.42. The Morgan fingerprint density at radius 3 is 2.35 bits per heavy atom. The molecule has 0 amide bonds. The van der Waals surface area contributed by atoms with Crippen molar-refractivity contribution in [2.24, 2.45) is 11.8 Å². The summed E-state index contributed by atoms with van der Waals surface area (Å²) in [4.78, 5) is 2.45. The summed E-state index contributed by atoms with van der Waals surface area (Å²) < 4.78 is 37.2. The Morgan fingerprint density at radius 1 is 1.15 bits per heavy atom. The van der Waals surface area contributed by atoms with E-state index in [2.05, 4.69) is 24.1 Å². The lowest BCUT2D eigenvalue weighted by atomic mass is 9.84. The van der Waals surface area contributed by atoms with Crippen LogP contribution in [0.15, 0.2) is 0 Å². The summed E-state index contributed by atoms with van der Waals surface area (Å²) in [5, 5.41) is 2.73. The molecule has 1 aliphatic carbocycles. The molecule has 2 nitrogen and oxygen atoms in total. The van der Waals surface area contributed by atoms with Gasteiger partial charge in [-0.15, -0.1) is 0 Å². The van der Waals surface area contributed by atoms with E-state index >= 15 is 0 Å². The standard InChI is InChI=1S/C15H27F3N2/c1-11(2)12-7-13(19-10-15(16,17)18)9-20(8-12)14-5-3-4-6-14/h11-14,19H,3-10H2,1-2H3. The fraction of sp³-hybridized carbons (Fsp3) is 1.00. The van der Waals surface area contributed by atoms with Gasteiger partial charge in [0.15, 0.2) is 0 Å². The molecule has 5 heteroatoms. The number of halogens is 3. The Kier molecular flexibility index (Phi) is 5.35. The molecule has 118 valence electrons. The van der Waals surface area contributed by atoms with Crippen LogP contribution in [-0.2, 0) is 0 Å². The van der Waals surface area contributed by atoms with Gasteiger partial charge in [0.05, 0.1) is 6.54 Å². The van der Waals surface area contributed by atoms with Gasteiger partial charge in [0.25, 0.3) is 0 Å². The molecule has 2 atom stereocenters. The monoisotopic (exact) mass is 292 g/mol. The van der Waals surface area contributed by atoms with Gasteiger partial charge in [-0.3, -0.25) is 4.90 Å². The Hall–Kier alpha value is -0.290. The summed E-state index contributed by atoms with van der Waals surface area (Å²) in [6.45, 7) is 5.35. The van der Waals surface area contributed by atoms with E-state index in [1.807, 2.05) is 0 Å². The van der Waals surface area contributed by atoms with Crippen LogP contribution >= 0.6 is 0 Å². The van der Waals surface area contributed by atoms with E-state index in [-0.39, 0.29) is 6.04 Å². The van der Waals surface area contributed by atoms with Crippen molar-refractivity contribution in [3.63, 3.8) is 0 Å². The number of nitrogens with zero attached hydrogens (tertiary/aromatic N) is 1. The van der Waals surface area contributed by atoms with Crippen LogP contribution in [0.2, 0.25) is 0 Å². The van der Waals surface area contributed by atoms with Crippen LogP contribution in [-0.4, -0.2) is 42.8 Å². The number of alkyl halides is 3. The largest absolute Gasteiger partial charge is 0.401 e. The van der Waals surface area contributed by atoms with E-state index in [9.17, 15) is 13.2 Å². The van der Waals surface area contributed by atoms with Crippen LogP contribution < -0.4 is 5.32 Å². The first-order valence-electron chi connectivity index (χ1n) is 7.89. The minimum atomic E-state index is -4.11. The molecule has 0 bridgehead atoms. The van der Waals surface area contributed by atoms with E-state index in [0.29, 0.717) is 17.9 Å². The fourth-order valence-electron chi connectivity index (χ4n) is 3.63. The number of likely N-dealkylation sites (tertiary alicyclic amines) is 1. The fourth-order valence-corrected chi connectivity index (χ4v) is 3.63. The maximum Gasteiger partial charge on any atom is 0.401 e. The van der Waals surface area contributed by atoms with Gasteiger partial charge >= 0.3 is 6.18 Å². The van der Waals surface area contributed by atoms with E-state index in [0.717, 1.165) is 19.5 Å². The average molecular weight is 292 g/mol. The maximum absolute atomic E-state index is 12.4. The zero-order valence-corrected chi connectivity index (χ0v) is 12.5. The normalized spacial score (nSPS) is 30.3. The second-order valence-electron chi connectivity index (χ2n) is 6.82. The smallest absolute Gasteiger partial charge is 0.305 e. The zero-order valence-electron chi connectivity index (χ0n) is 12.5. The van der Waals surface area contributed by atoms with E-state index in [1.54, 1.807) is 0 Å². The average Bonchev–Trinajstić information content (AvgIpc) is 2.89. The first-order valence-corrected chi connectivity index (χ1v) is 7.89. The third-order valence-electron chi connectivity index (χ3n) is 4.89. The number of piperidine rings is 1. The van der Waals surface area contributed by atoms with Crippen LogP contribution in [0.1, 0.15) is 46.0 Å². The number of hydrogen-bond donors (Lipinski definition) is 1. The highest BCUT2D eigenvalue weighted by atomic mass is 19.4. The molecule has 1 heterocycles. The van der Waals surface area contributed by atoms with Crippen molar-refractivity contribution < 1.29 is 13.2 Å². The summed E-state index contributed by atoms with van der Waals surface area (Å²) in [6.07, 6.45) is 1.75. The maximum atomic E-state index is 12.4. The van der Waals surface area contributed by atoms with Crippen molar-refractivity contribution >= 4 is 0 Å². The van der Waals surface area contributed by atoms with Crippen LogP contribution in [0.4, 0.5) is 13.2 Å². The van der Waals surface area contributed by atoms with Gasteiger partial charge in [-0.2, -0.15) is 13.2 Å². The molecule has 2 unspecified atom stereocenters. The Labute approximate surface area is 120 Å². The number of hydrogen-bond acceptors (Lipinski definition) is 2. The van der Waals surface area contributed by atoms with Crippen LogP contribution in [0, 0.1) is 11.8 Å². The number of rotatable bonds is 4. The first kappa shape index (κ1) is 16.1. The summed E-state index contributed by atoms with van der Waals surface area (Å²) in [5.74, 6) is 1.05. The Bertz CT molecular complexity index is 298. The molecule has 1 saturated carbocycles. The van der Waals surface area contributed by atoms with Crippen LogP contribution in [0.5, 0.6) is 0 Å². The van der Waals surface area contributed by atoms with E-state index < -0.39 is 12.7 Å². The van der Waals surface area contributed by atoms with Gasteiger partial charge in [-0.05, 0) is 31.1 Å². The molecular formula is C15H27F3N2. The highest BCUT2D eigenvalue weighted by Crippen LogP contribution is 2.31. The summed E-state index contributed by atoms with van der Waals surface area (Å²) >= 11 is 0. The van der Waals surface area contributed by atoms with Crippen molar-refractivity contribution in [1.29, 1.82) is 0 Å². The molecular weight excluding hydrogens is 265 g/mol. The lowest BCUT2D eigenvalue weighted by Crippen LogP contribution is -2.54. The number of nitrogens with one attached hydrogen (secondary N) is 1. The molecule has 0 spiro atoms. The Balaban J connectivity index is 1.93. The highest BCUT2D eigenvalue weighted by Gasteiger charge is 2.35. The van der Waals surface area contributed by atoms with Crippen molar-refractivity contribution in [2.45, 2.75) is 64.2 Å². The van der Waals surface area contributed by atoms with Gasteiger partial charge in [0, 0.05) is 25.2 Å². The zero-order chi connectivity index (χ0) is 14.8.